The molecule has 0 radical (unpaired) electrons. The van der Waals surface area contributed by atoms with Gasteiger partial charge in [0.15, 0.2) is 0 Å². The fourth-order valence-electron chi connectivity index (χ4n) is 2.90. The molecule has 0 bridgehead atoms. The van der Waals surface area contributed by atoms with Crippen LogP contribution in [0.5, 0.6) is 0 Å². The fourth-order valence-corrected chi connectivity index (χ4v) is 2.90. The highest BCUT2D eigenvalue weighted by Crippen LogP contribution is 2.23. The molecule has 0 saturated heterocycles. The van der Waals surface area contributed by atoms with Gasteiger partial charge in [-0.3, -0.25) is 0 Å². The standard InChI is InChI=1S/C19H22N2O2/c1-13(2)15-7-5-14(6-8-15)12-21-16-9-10-20(3)17(16)11-18(21)19(22)23-4/h5-11,13H,12H2,1-4H3. The summed E-state index contributed by atoms with van der Waals surface area (Å²) in [4.78, 5) is 12.1. The van der Waals surface area contributed by atoms with E-state index in [1.165, 1.54) is 18.2 Å². The summed E-state index contributed by atoms with van der Waals surface area (Å²) >= 11 is 0. The van der Waals surface area contributed by atoms with Crippen molar-refractivity contribution >= 4 is 17.0 Å². The Balaban J connectivity index is 2.02. The molecule has 0 saturated carbocycles. The molecule has 0 aliphatic heterocycles. The molecule has 0 amide bonds. The lowest BCUT2D eigenvalue weighted by Gasteiger charge is -2.11. The van der Waals surface area contributed by atoms with Crippen molar-refractivity contribution in [2.24, 2.45) is 7.05 Å². The summed E-state index contributed by atoms with van der Waals surface area (Å²) in [5, 5.41) is 0. The van der Waals surface area contributed by atoms with Crippen LogP contribution in [0.3, 0.4) is 0 Å². The first-order valence-corrected chi connectivity index (χ1v) is 7.83. The Morgan fingerprint density at radius 1 is 1.13 bits per heavy atom. The SMILES string of the molecule is COC(=O)c1cc2c(ccn2C)n1Cc1ccc(C(C)C)cc1. The van der Waals surface area contributed by atoms with Crippen LogP contribution in [0, 0.1) is 0 Å². The molecule has 0 atom stereocenters. The van der Waals surface area contributed by atoms with Gasteiger partial charge in [-0.15, -0.1) is 0 Å². The molecule has 0 N–H and O–H groups in total. The molecule has 23 heavy (non-hydrogen) atoms. The molecule has 120 valence electrons. The van der Waals surface area contributed by atoms with Gasteiger partial charge in [0.1, 0.15) is 5.69 Å². The third-order valence-electron chi connectivity index (χ3n) is 4.34. The number of hydrogen-bond acceptors (Lipinski definition) is 2. The second kappa shape index (κ2) is 5.95. The van der Waals surface area contributed by atoms with E-state index in [0.29, 0.717) is 18.2 Å². The summed E-state index contributed by atoms with van der Waals surface area (Å²) < 4.78 is 8.97. The third kappa shape index (κ3) is 2.77. The smallest absolute Gasteiger partial charge is 0.354 e. The predicted octanol–water partition coefficient (Wildman–Crippen LogP) is 3.94. The minimum atomic E-state index is -0.306. The predicted molar refractivity (Wildman–Crippen MR) is 91.9 cm³/mol. The van der Waals surface area contributed by atoms with Crippen LogP contribution < -0.4 is 0 Å². The van der Waals surface area contributed by atoms with Crippen LogP contribution in [0.15, 0.2) is 42.6 Å². The van der Waals surface area contributed by atoms with Gasteiger partial charge in [0.05, 0.1) is 18.1 Å². The molecular weight excluding hydrogens is 288 g/mol. The molecule has 0 aliphatic rings. The van der Waals surface area contributed by atoms with E-state index in [4.69, 9.17) is 4.74 Å². The van der Waals surface area contributed by atoms with Gasteiger partial charge in [0, 0.05) is 19.8 Å². The van der Waals surface area contributed by atoms with E-state index in [1.807, 2.05) is 34.5 Å². The number of benzene rings is 1. The summed E-state index contributed by atoms with van der Waals surface area (Å²) in [5.74, 6) is 0.210. The summed E-state index contributed by atoms with van der Waals surface area (Å²) in [7, 11) is 3.40. The minimum absolute atomic E-state index is 0.306. The van der Waals surface area contributed by atoms with Gasteiger partial charge in [-0.25, -0.2) is 4.79 Å². The van der Waals surface area contributed by atoms with Crippen LogP contribution in [0.25, 0.3) is 11.0 Å². The summed E-state index contributed by atoms with van der Waals surface area (Å²) in [5.41, 5.74) is 5.15. The second-order valence-corrected chi connectivity index (χ2v) is 6.20. The molecule has 0 fully saturated rings. The van der Waals surface area contributed by atoms with Gasteiger partial charge in [-0.05, 0) is 29.2 Å². The zero-order chi connectivity index (χ0) is 16.6. The molecule has 4 heteroatoms. The van der Waals surface area contributed by atoms with Crippen LogP contribution in [-0.4, -0.2) is 22.2 Å². The fraction of sp³-hybridized carbons (Fsp3) is 0.316. The maximum Gasteiger partial charge on any atom is 0.354 e. The van der Waals surface area contributed by atoms with Gasteiger partial charge in [0.2, 0.25) is 0 Å². The zero-order valence-electron chi connectivity index (χ0n) is 14.0. The number of aromatic nitrogens is 2. The van der Waals surface area contributed by atoms with Crippen LogP contribution in [0.2, 0.25) is 0 Å². The van der Waals surface area contributed by atoms with Crippen molar-refractivity contribution in [1.82, 2.24) is 9.13 Å². The molecule has 4 nitrogen and oxygen atoms in total. The minimum Gasteiger partial charge on any atom is -0.464 e. The van der Waals surface area contributed by atoms with Gasteiger partial charge in [-0.1, -0.05) is 38.1 Å². The first-order chi connectivity index (χ1) is 11.0. The van der Waals surface area contributed by atoms with E-state index >= 15 is 0 Å². The Kier molecular flexibility index (Phi) is 3.99. The van der Waals surface area contributed by atoms with Gasteiger partial charge in [0.25, 0.3) is 0 Å². The molecule has 2 aromatic heterocycles. The first kappa shape index (κ1) is 15.4. The molecule has 3 aromatic rings. The summed E-state index contributed by atoms with van der Waals surface area (Å²) in [6.45, 7) is 5.02. The van der Waals surface area contributed by atoms with Crippen molar-refractivity contribution in [2.45, 2.75) is 26.3 Å². The van der Waals surface area contributed by atoms with E-state index in [0.717, 1.165) is 11.0 Å². The number of nitrogens with zero attached hydrogens (tertiary/aromatic N) is 2. The number of hydrogen-bond donors (Lipinski definition) is 0. The highest BCUT2D eigenvalue weighted by molar-refractivity contribution is 5.94. The van der Waals surface area contributed by atoms with E-state index in [2.05, 4.69) is 38.1 Å². The van der Waals surface area contributed by atoms with E-state index < -0.39 is 0 Å². The normalized spacial score (nSPS) is 11.3. The Labute approximate surface area is 136 Å². The maximum absolute atomic E-state index is 12.1. The van der Waals surface area contributed by atoms with Crippen molar-refractivity contribution in [3.8, 4) is 0 Å². The lowest BCUT2D eigenvalue weighted by atomic mass is 10.0. The van der Waals surface area contributed by atoms with E-state index in [9.17, 15) is 4.79 Å². The van der Waals surface area contributed by atoms with Crippen LogP contribution in [0.4, 0.5) is 0 Å². The number of rotatable bonds is 4. The number of carbonyl (C=O) groups is 1. The van der Waals surface area contributed by atoms with E-state index in [1.54, 1.807) is 0 Å². The number of carbonyl (C=O) groups excluding carboxylic acids is 1. The molecule has 2 heterocycles. The lowest BCUT2D eigenvalue weighted by molar-refractivity contribution is 0.0589. The van der Waals surface area contributed by atoms with Crippen molar-refractivity contribution in [3.63, 3.8) is 0 Å². The lowest BCUT2D eigenvalue weighted by Crippen LogP contribution is -2.11. The summed E-state index contributed by atoms with van der Waals surface area (Å²) in [6.07, 6.45) is 2.00. The number of ether oxygens (including phenoxy) is 1. The third-order valence-corrected chi connectivity index (χ3v) is 4.34. The van der Waals surface area contributed by atoms with Crippen molar-refractivity contribution in [1.29, 1.82) is 0 Å². The Morgan fingerprint density at radius 3 is 2.43 bits per heavy atom. The molecule has 3 rings (SSSR count). The Hall–Kier alpha value is -2.49. The Bertz CT molecular complexity index is 838. The van der Waals surface area contributed by atoms with Crippen LogP contribution in [0.1, 0.15) is 41.4 Å². The van der Waals surface area contributed by atoms with Gasteiger partial charge >= 0.3 is 5.97 Å². The average molecular weight is 310 g/mol. The van der Waals surface area contributed by atoms with Gasteiger partial charge in [-0.2, -0.15) is 0 Å². The van der Waals surface area contributed by atoms with Crippen molar-refractivity contribution in [2.75, 3.05) is 7.11 Å². The molecule has 0 unspecified atom stereocenters. The number of methoxy groups -OCH3 is 1. The van der Waals surface area contributed by atoms with Gasteiger partial charge < -0.3 is 13.9 Å². The molecule has 1 aromatic carbocycles. The average Bonchev–Trinajstić information content (AvgIpc) is 3.08. The van der Waals surface area contributed by atoms with Crippen molar-refractivity contribution in [3.05, 3.63) is 59.4 Å². The highest BCUT2D eigenvalue weighted by atomic mass is 16.5. The largest absolute Gasteiger partial charge is 0.464 e. The maximum atomic E-state index is 12.1. The highest BCUT2D eigenvalue weighted by Gasteiger charge is 2.18. The van der Waals surface area contributed by atoms with Crippen LogP contribution in [-0.2, 0) is 18.3 Å². The van der Waals surface area contributed by atoms with E-state index in [-0.39, 0.29) is 5.97 Å². The van der Waals surface area contributed by atoms with Crippen LogP contribution >= 0.6 is 0 Å². The second-order valence-electron chi connectivity index (χ2n) is 6.20. The zero-order valence-corrected chi connectivity index (χ0v) is 14.0. The monoisotopic (exact) mass is 310 g/mol. The summed E-state index contributed by atoms with van der Waals surface area (Å²) in [6, 6.07) is 12.5. The van der Waals surface area contributed by atoms with Crippen molar-refractivity contribution < 1.29 is 9.53 Å². The topological polar surface area (TPSA) is 36.2 Å². The number of fused-ring (bicyclic) bond motifs is 1. The molecule has 0 spiro atoms. The first-order valence-electron chi connectivity index (χ1n) is 7.83. The number of aryl methyl sites for hydroxylation is 1. The quantitative estimate of drug-likeness (QED) is 0.684. The Morgan fingerprint density at radius 2 is 1.83 bits per heavy atom. The number of esters is 1. The molecule has 0 aliphatic carbocycles. The molecular formula is C19H22N2O2.